The Labute approximate surface area is 301 Å². The van der Waals surface area contributed by atoms with Crippen LogP contribution in [-0.4, -0.2) is 69.6 Å². The fraction of sp³-hybridized carbons (Fsp3) is 0.543. The van der Waals surface area contributed by atoms with E-state index in [1.807, 2.05) is 0 Å². The van der Waals surface area contributed by atoms with Crippen LogP contribution < -0.4 is 15.3 Å². The third-order valence-electron chi connectivity index (χ3n) is 8.79. The molecule has 3 aromatic rings. The molecule has 1 aliphatic carbocycles. The van der Waals surface area contributed by atoms with Gasteiger partial charge in [-0.2, -0.15) is 15.4 Å². The van der Waals surface area contributed by atoms with Crippen molar-refractivity contribution in [1.82, 2.24) is 19.7 Å². The van der Waals surface area contributed by atoms with Crippen molar-refractivity contribution in [2.45, 2.75) is 103 Å². The van der Waals surface area contributed by atoms with E-state index >= 15 is 0 Å². The number of nitriles is 1. The van der Waals surface area contributed by atoms with Gasteiger partial charge in [-0.05, 0) is 56.9 Å². The van der Waals surface area contributed by atoms with Gasteiger partial charge in [0.2, 0.25) is 5.60 Å². The lowest BCUT2D eigenvalue weighted by Gasteiger charge is -2.29. The number of nitrogens with zero attached hydrogens (tertiary/aromatic N) is 4. The Hall–Kier alpha value is -4.55. The summed E-state index contributed by atoms with van der Waals surface area (Å²) in [4.78, 5) is 43.4. The maximum atomic E-state index is 14.5. The van der Waals surface area contributed by atoms with Crippen molar-refractivity contribution < 1.29 is 46.9 Å². The number of hydrogen-bond acceptors (Lipinski definition) is 14. The third kappa shape index (κ3) is 8.56. The predicted molar refractivity (Wildman–Crippen MR) is 185 cm³/mol. The van der Waals surface area contributed by atoms with Crippen LogP contribution in [0.2, 0.25) is 0 Å². The largest absolute Gasteiger partial charge is 0.461 e. The van der Waals surface area contributed by atoms with Crippen LogP contribution in [0.5, 0.6) is 5.75 Å². The molecule has 17 heteroatoms. The van der Waals surface area contributed by atoms with Crippen molar-refractivity contribution in [3.8, 4) is 11.8 Å². The molecule has 0 radical (unpaired) electrons. The summed E-state index contributed by atoms with van der Waals surface area (Å²) in [6, 6.07) is 12.2. The summed E-state index contributed by atoms with van der Waals surface area (Å²) in [5.74, 6) is -3.05. The monoisotopic (exact) mass is 740 g/mol. The molecule has 52 heavy (non-hydrogen) atoms. The van der Waals surface area contributed by atoms with Crippen LogP contribution in [0.4, 0.5) is 5.82 Å². The minimum Gasteiger partial charge on any atom is -0.461 e. The fourth-order valence-electron chi connectivity index (χ4n) is 5.96. The number of aromatic nitrogens is 3. The number of nitrogen functional groups attached to an aromatic ring is 1. The van der Waals surface area contributed by atoms with E-state index in [2.05, 4.69) is 21.2 Å². The lowest BCUT2D eigenvalue weighted by Crippen LogP contribution is -2.47. The van der Waals surface area contributed by atoms with E-state index in [1.165, 1.54) is 23.8 Å². The first-order valence-corrected chi connectivity index (χ1v) is 18.9. The SMILES string of the molecule is CC(C)C(=O)O[C@H]1[C@@H](OC(=O)C(C)C)[C@](C#N)(c2ccc3c(N)ncnn23)O[C@@H]1COP(=O)(N[C@@H](C)C(=O)OC1CCCCC1)Oc1ccccc1. The number of ether oxygens (including phenoxy) is 4. The highest BCUT2D eigenvalue weighted by molar-refractivity contribution is 7.52. The average Bonchev–Trinajstić information content (AvgIpc) is 3.68. The third-order valence-corrected chi connectivity index (χ3v) is 10.4. The second-order valence-electron chi connectivity index (χ2n) is 13.5. The van der Waals surface area contributed by atoms with Gasteiger partial charge in [-0.1, -0.05) is 52.3 Å². The lowest BCUT2D eigenvalue weighted by atomic mass is 9.92. The van der Waals surface area contributed by atoms with E-state index in [9.17, 15) is 24.2 Å². The minimum absolute atomic E-state index is 0.0923. The van der Waals surface area contributed by atoms with Crippen molar-refractivity contribution in [2.75, 3.05) is 12.3 Å². The zero-order valence-corrected chi connectivity index (χ0v) is 30.7. The molecule has 3 N–H and O–H groups in total. The van der Waals surface area contributed by atoms with Crippen LogP contribution in [0.1, 0.15) is 72.4 Å². The number of hydrogen-bond donors (Lipinski definition) is 2. The van der Waals surface area contributed by atoms with Gasteiger partial charge in [0.1, 0.15) is 41.9 Å². The first-order valence-electron chi connectivity index (χ1n) is 17.3. The van der Waals surface area contributed by atoms with Crippen molar-refractivity contribution >= 4 is 37.0 Å². The maximum absolute atomic E-state index is 14.5. The Morgan fingerprint density at radius 2 is 1.67 bits per heavy atom. The van der Waals surface area contributed by atoms with Crippen molar-refractivity contribution in [1.29, 1.82) is 5.26 Å². The number of carbonyl (C=O) groups is 3. The van der Waals surface area contributed by atoms with Gasteiger partial charge in [0.15, 0.2) is 18.0 Å². The normalized spacial score (nSPS) is 23.8. The van der Waals surface area contributed by atoms with Crippen molar-refractivity contribution in [2.24, 2.45) is 11.8 Å². The summed E-state index contributed by atoms with van der Waals surface area (Å²) in [6.07, 6.45) is 0.962. The molecule has 0 spiro atoms. The molecule has 16 nitrogen and oxygen atoms in total. The van der Waals surface area contributed by atoms with Gasteiger partial charge in [0.25, 0.3) is 0 Å². The van der Waals surface area contributed by atoms with Crippen LogP contribution in [-0.2, 0) is 48.0 Å². The molecule has 2 fully saturated rings. The molecular weight excluding hydrogens is 695 g/mol. The first kappa shape index (κ1) is 38.7. The molecule has 2 aliphatic rings. The molecule has 1 aromatic carbocycles. The van der Waals surface area contributed by atoms with E-state index < -0.39 is 74.1 Å². The number of carbonyl (C=O) groups excluding carboxylic acids is 3. The van der Waals surface area contributed by atoms with Crippen LogP contribution >= 0.6 is 7.75 Å². The van der Waals surface area contributed by atoms with Gasteiger partial charge in [-0.15, -0.1) is 0 Å². The summed E-state index contributed by atoms with van der Waals surface area (Å²) < 4.78 is 51.5. The number of nitrogens with one attached hydrogen (secondary N) is 1. The van der Waals surface area contributed by atoms with Crippen LogP contribution in [0.25, 0.3) is 5.52 Å². The summed E-state index contributed by atoms with van der Waals surface area (Å²) in [5, 5.41) is 17.8. The predicted octanol–water partition coefficient (Wildman–Crippen LogP) is 4.62. The zero-order valence-electron chi connectivity index (χ0n) is 29.8. The van der Waals surface area contributed by atoms with Gasteiger partial charge in [-0.3, -0.25) is 18.9 Å². The van der Waals surface area contributed by atoms with Gasteiger partial charge >= 0.3 is 25.7 Å². The van der Waals surface area contributed by atoms with Crippen molar-refractivity contribution in [3.63, 3.8) is 0 Å². The Balaban J connectivity index is 1.51. The highest BCUT2D eigenvalue weighted by atomic mass is 31.2. The Bertz CT molecular complexity index is 1830. The zero-order chi connectivity index (χ0) is 37.6. The smallest absolute Gasteiger partial charge is 0.459 e. The molecule has 1 saturated heterocycles. The summed E-state index contributed by atoms with van der Waals surface area (Å²) in [6.45, 7) is 7.27. The number of para-hydroxylation sites is 1. The van der Waals surface area contributed by atoms with Gasteiger partial charge in [0, 0.05) is 0 Å². The summed E-state index contributed by atoms with van der Waals surface area (Å²) in [7, 11) is -4.46. The van der Waals surface area contributed by atoms with Crippen LogP contribution in [0.3, 0.4) is 0 Å². The topological polar surface area (TPSA) is 216 Å². The van der Waals surface area contributed by atoms with Crippen molar-refractivity contribution in [3.05, 3.63) is 54.5 Å². The molecule has 0 amide bonds. The molecule has 0 bridgehead atoms. The number of nitrogens with two attached hydrogens (primary N) is 1. The summed E-state index contributed by atoms with van der Waals surface area (Å²) in [5.41, 5.74) is 4.35. The van der Waals surface area contributed by atoms with E-state index in [0.29, 0.717) is 5.52 Å². The minimum atomic E-state index is -4.46. The molecule has 2 aromatic heterocycles. The van der Waals surface area contributed by atoms with Gasteiger partial charge in [0.05, 0.1) is 24.1 Å². The fourth-order valence-corrected chi connectivity index (χ4v) is 7.46. The highest BCUT2D eigenvalue weighted by Gasteiger charge is 2.63. The van der Waals surface area contributed by atoms with Crippen LogP contribution in [0.15, 0.2) is 48.8 Å². The number of esters is 3. The lowest BCUT2D eigenvalue weighted by molar-refractivity contribution is -0.173. The molecule has 1 aliphatic heterocycles. The Morgan fingerprint density at radius 1 is 1.00 bits per heavy atom. The molecule has 1 saturated carbocycles. The molecule has 280 valence electrons. The quantitative estimate of drug-likeness (QED) is 0.131. The molecule has 5 rings (SSSR count). The number of rotatable bonds is 14. The van der Waals surface area contributed by atoms with Gasteiger partial charge < -0.3 is 29.2 Å². The van der Waals surface area contributed by atoms with E-state index in [1.54, 1.807) is 64.1 Å². The summed E-state index contributed by atoms with van der Waals surface area (Å²) >= 11 is 0. The number of benzene rings is 1. The van der Waals surface area contributed by atoms with E-state index in [0.717, 1.165) is 32.1 Å². The van der Waals surface area contributed by atoms with E-state index in [-0.39, 0.29) is 23.4 Å². The second-order valence-corrected chi connectivity index (χ2v) is 15.2. The molecule has 6 atom stereocenters. The number of fused-ring (bicyclic) bond motifs is 1. The van der Waals surface area contributed by atoms with E-state index in [4.69, 9.17) is 33.7 Å². The number of anilines is 1. The molecule has 1 unspecified atom stereocenters. The Kier molecular flexibility index (Phi) is 12.2. The molecular formula is C35H45N6O10P. The standard InChI is InChI=1S/C35H45N6O10P/c1-21(2)32(42)48-29-27(50-35(19-36,30(29)49-33(43)22(3)4)28-17-16-26-31(37)38-20-39-41(26)28)18-46-52(45,51-25-14-10-7-11-15-25)40-23(5)34(44)47-24-12-8-6-9-13-24/h7,10-11,14-17,20-24,27,29-30H,6,8-9,12-13,18H2,1-5H3,(H,40,45)(H2,37,38,39)/t23-,27+,29+,30+,35-,52?/m0/s1. The molecule has 3 heterocycles. The van der Waals surface area contributed by atoms with Crippen LogP contribution in [0, 0.1) is 23.2 Å². The maximum Gasteiger partial charge on any atom is 0.459 e. The second kappa shape index (κ2) is 16.4. The highest BCUT2D eigenvalue weighted by Crippen LogP contribution is 2.48. The van der Waals surface area contributed by atoms with Gasteiger partial charge in [-0.25, -0.2) is 14.1 Å². The Morgan fingerprint density at radius 3 is 2.33 bits per heavy atom. The average molecular weight is 741 g/mol. The first-order chi connectivity index (χ1) is 24.8.